The van der Waals surface area contributed by atoms with Crippen LogP contribution in [-0.4, -0.2) is 29.0 Å². The van der Waals surface area contributed by atoms with Gasteiger partial charge >= 0.3 is 0 Å². The summed E-state index contributed by atoms with van der Waals surface area (Å²) in [5.41, 5.74) is 3.47. The van der Waals surface area contributed by atoms with Crippen LogP contribution < -0.4 is 0 Å². The van der Waals surface area contributed by atoms with E-state index < -0.39 is 6.10 Å². The Bertz CT molecular complexity index is 942. The monoisotopic (exact) mass is 426 g/mol. The number of fused-ring (bicyclic) bond motifs is 1. The highest BCUT2D eigenvalue weighted by Gasteiger charge is 2.32. The molecule has 30 heavy (non-hydrogen) atoms. The molecule has 162 valence electrons. The van der Waals surface area contributed by atoms with Gasteiger partial charge in [-0.25, -0.2) is 0 Å². The molecular weight excluding hydrogens is 392 g/mol. The molecule has 3 aromatic rings. The van der Waals surface area contributed by atoms with Crippen molar-refractivity contribution in [2.24, 2.45) is 0 Å². The molecule has 0 aliphatic carbocycles. The molecule has 2 heterocycles. The van der Waals surface area contributed by atoms with E-state index in [1.165, 1.54) is 26.1 Å². The Morgan fingerprint density at radius 1 is 1.07 bits per heavy atom. The lowest BCUT2D eigenvalue weighted by Gasteiger charge is -2.34. The van der Waals surface area contributed by atoms with E-state index in [0.29, 0.717) is 12.8 Å². The van der Waals surface area contributed by atoms with Gasteiger partial charge in [-0.3, -0.25) is 0 Å². The first kappa shape index (κ1) is 23.0. The van der Waals surface area contributed by atoms with Crippen LogP contribution in [0.5, 0.6) is 0 Å². The number of hydrogen-bond donors (Lipinski definition) is 2. The minimum absolute atomic E-state index is 0.0560. The van der Waals surface area contributed by atoms with E-state index in [1.54, 1.807) is 0 Å². The van der Waals surface area contributed by atoms with Crippen molar-refractivity contribution in [2.75, 3.05) is 6.61 Å². The van der Waals surface area contributed by atoms with Gasteiger partial charge in [0.2, 0.25) is 0 Å². The Kier molecular flexibility index (Phi) is 7.35. The van der Waals surface area contributed by atoms with Crippen molar-refractivity contribution in [2.45, 2.75) is 71.2 Å². The van der Waals surface area contributed by atoms with Crippen LogP contribution in [0, 0.1) is 6.92 Å². The topological polar surface area (TPSA) is 49.7 Å². The van der Waals surface area contributed by atoms with E-state index in [1.807, 2.05) is 25.2 Å². The van der Waals surface area contributed by atoms with Crippen LogP contribution in [-0.2, 0) is 10.2 Å². The minimum Gasteiger partial charge on any atom is -0.394 e. The number of aliphatic hydroxyl groups excluding tert-OH is 2. The van der Waals surface area contributed by atoms with E-state index >= 15 is 0 Å². The highest BCUT2D eigenvalue weighted by Crippen LogP contribution is 2.42. The predicted octanol–water partition coefficient (Wildman–Crippen LogP) is 6.14. The second kappa shape index (κ2) is 9.61. The van der Waals surface area contributed by atoms with Gasteiger partial charge in [0, 0.05) is 27.8 Å². The average molecular weight is 427 g/mol. The molecule has 1 saturated heterocycles. The van der Waals surface area contributed by atoms with E-state index in [4.69, 9.17) is 4.74 Å². The maximum atomic E-state index is 10.2. The number of aliphatic hydroxyl groups is 2. The number of thiophene rings is 1. The van der Waals surface area contributed by atoms with Gasteiger partial charge in [0.15, 0.2) is 0 Å². The van der Waals surface area contributed by atoms with Crippen molar-refractivity contribution in [1.29, 1.82) is 0 Å². The maximum absolute atomic E-state index is 10.2. The van der Waals surface area contributed by atoms with Gasteiger partial charge in [0.1, 0.15) is 0 Å². The highest BCUT2D eigenvalue weighted by atomic mass is 32.1. The molecule has 0 amide bonds. The summed E-state index contributed by atoms with van der Waals surface area (Å²) in [5, 5.41) is 21.0. The Hall–Kier alpha value is -1.72. The SMILES string of the molecule is CC.Cc1ccc(C2CC(O)CC(CO)O2)cc1C(C)(C)c1cc2ccccc2s1. The molecule has 4 rings (SSSR count). The number of aryl methyl sites for hydroxylation is 1. The minimum atomic E-state index is -0.434. The van der Waals surface area contributed by atoms with E-state index in [2.05, 4.69) is 69.3 Å². The molecule has 1 aliphatic rings. The molecule has 1 aromatic heterocycles. The van der Waals surface area contributed by atoms with Gasteiger partial charge < -0.3 is 14.9 Å². The van der Waals surface area contributed by atoms with Crippen LogP contribution in [0.1, 0.15) is 68.2 Å². The zero-order valence-electron chi connectivity index (χ0n) is 18.7. The Balaban J connectivity index is 0.00000124. The molecule has 0 bridgehead atoms. The summed E-state index contributed by atoms with van der Waals surface area (Å²) in [6, 6.07) is 17.3. The van der Waals surface area contributed by atoms with Crippen LogP contribution in [0.2, 0.25) is 0 Å². The quantitative estimate of drug-likeness (QED) is 0.527. The first-order valence-electron chi connectivity index (χ1n) is 10.9. The van der Waals surface area contributed by atoms with Crippen molar-refractivity contribution in [3.63, 3.8) is 0 Å². The first-order valence-corrected chi connectivity index (χ1v) is 11.7. The highest BCUT2D eigenvalue weighted by molar-refractivity contribution is 7.19. The number of hydrogen-bond acceptors (Lipinski definition) is 4. The average Bonchev–Trinajstić information content (AvgIpc) is 3.20. The fourth-order valence-corrected chi connectivity index (χ4v) is 5.44. The van der Waals surface area contributed by atoms with Gasteiger partial charge in [-0.05, 0) is 41.1 Å². The molecule has 2 aromatic carbocycles. The fourth-order valence-electron chi connectivity index (χ4n) is 4.26. The lowest BCUT2D eigenvalue weighted by atomic mass is 9.79. The van der Waals surface area contributed by atoms with Gasteiger partial charge in [0.25, 0.3) is 0 Å². The Labute approximate surface area is 184 Å². The third-order valence-electron chi connectivity index (χ3n) is 5.93. The van der Waals surface area contributed by atoms with Crippen LogP contribution in [0.15, 0.2) is 48.5 Å². The van der Waals surface area contributed by atoms with Gasteiger partial charge in [-0.2, -0.15) is 0 Å². The summed E-state index contributed by atoms with van der Waals surface area (Å²) in [6.45, 7) is 10.6. The number of benzene rings is 2. The summed E-state index contributed by atoms with van der Waals surface area (Å²) in [7, 11) is 0. The van der Waals surface area contributed by atoms with Crippen LogP contribution in [0.4, 0.5) is 0 Å². The van der Waals surface area contributed by atoms with Crippen LogP contribution >= 0.6 is 11.3 Å². The molecule has 4 heteroatoms. The second-order valence-electron chi connectivity index (χ2n) is 8.40. The smallest absolute Gasteiger partial charge is 0.0854 e. The van der Waals surface area contributed by atoms with E-state index in [0.717, 1.165) is 5.56 Å². The van der Waals surface area contributed by atoms with Crippen molar-refractivity contribution in [3.8, 4) is 0 Å². The van der Waals surface area contributed by atoms with Crippen molar-refractivity contribution in [3.05, 3.63) is 70.1 Å². The van der Waals surface area contributed by atoms with Crippen molar-refractivity contribution in [1.82, 2.24) is 0 Å². The first-order chi connectivity index (χ1) is 14.4. The standard InChI is InChI=1S/C24H28O3S.C2H6/c1-15-8-9-16(21-13-18(26)12-19(14-25)27-21)10-20(15)24(2,3)23-11-17-6-4-5-7-22(17)28-23;1-2/h4-11,18-19,21,25-26H,12-14H2,1-3H3;1-2H3. The summed E-state index contributed by atoms with van der Waals surface area (Å²) in [5.74, 6) is 0. The molecule has 2 N–H and O–H groups in total. The second-order valence-corrected chi connectivity index (χ2v) is 9.49. The molecule has 0 radical (unpaired) electrons. The molecule has 0 saturated carbocycles. The number of rotatable bonds is 4. The molecule has 3 unspecified atom stereocenters. The Morgan fingerprint density at radius 3 is 2.50 bits per heavy atom. The summed E-state index contributed by atoms with van der Waals surface area (Å²) in [4.78, 5) is 1.34. The van der Waals surface area contributed by atoms with E-state index in [9.17, 15) is 10.2 Å². The lowest BCUT2D eigenvalue weighted by Crippen LogP contribution is -2.33. The molecule has 1 fully saturated rings. The fraction of sp³-hybridized carbons (Fsp3) is 0.462. The van der Waals surface area contributed by atoms with Gasteiger partial charge in [0.05, 0.1) is 24.9 Å². The Morgan fingerprint density at radius 2 is 1.80 bits per heavy atom. The summed E-state index contributed by atoms with van der Waals surface area (Å²) < 4.78 is 7.36. The third-order valence-corrected chi connectivity index (χ3v) is 7.37. The molecule has 0 spiro atoms. The van der Waals surface area contributed by atoms with Gasteiger partial charge in [-0.1, -0.05) is 64.1 Å². The maximum Gasteiger partial charge on any atom is 0.0854 e. The normalized spacial score (nSPS) is 21.9. The third kappa shape index (κ3) is 4.62. The summed E-state index contributed by atoms with van der Waals surface area (Å²) in [6.07, 6.45) is 0.158. The molecule has 1 aliphatic heterocycles. The van der Waals surface area contributed by atoms with E-state index in [-0.39, 0.29) is 24.2 Å². The van der Waals surface area contributed by atoms with Crippen LogP contribution in [0.3, 0.4) is 0 Å². The molecule has 3 atom stereocenters. The van der Waals surface area contributed by atoms with Crippen molar-refractivity contribution < 1.29 is 14.9 Å². The zero-order chi connectivity index (χ0) is 21.9. The molecular formula is C26H34O3S. The lowest BCUT2D eigenvalue weighted by molar-refractivity contribution is -0.113. The van der Waals surface area contributed by atoms with Gasteiger partial charge in [-0.15, -0.1) is 11.3 Å². The largest absolute Gasteiger partial charge is 0.394 e. The van der Waals surface area contributed by atoms with Crippen LogP contribution in [0.25, 0.3) is 10.1 Å². The van der Waals surface area contributed by atoms with Crippen molar-refractivity contribution >= 4 is 21.4 Å². The predicted molar refractivity (Wildman–Crippen MR) is 126 cm³/mol. The zero-order valence-corrected chi connectivity index (χ0v) is 19.5. The summed E-state index contributed by atoms with van der Waals surface area (Å²) >= 11 is 1.85. The molecule has 3 nitrogen and oxygen atoms in total. The number of ether oxygens (including phenoxy) is 1.